The van der Waals surface area contributed by atoms with Crippen LogP contribution in [0.5, 0.6) is 0 Å². The van der Waals surface area contributed by atoms with Crippen LogP contribution in [-0.4, -0.2) is 30.7 Å². The SMILES string of the molecule is O=C(CCCCC[C@H]1CCNC(=O)N1)N/N=C\c1ccc(Cl)cc1. The number of hydrogen-bond acceptors (Lipinski definition) is 3. The van der Waals surface area contributed by atoms with Crippen molar-refractivity contribution >= 4 is 29.8 Å². The van der Waals surface area contributed by atoms with Gasteiger partial charge in [0.1, 0.15) is 0 Å². The van der Waals surface area contributed by atoms with Gasteiger partial charge in [-0.2, -0.15) is 5.10 Å². The summed E-state index contributed by atoms with van der Waals surface area (Å²) in [6.07, 6.45) is 6.77. The smallest absolute Gasteiger partial charge is 0.315 e. The molecule has 2 rings (SSSR count). The van der Waals surface area contributed by atoms with Gasteiger partial charge in [-0.05, 0) is 37.0 Å². The van der Waals surface area contributed by atoms with Crippen LogP contribution in [0.2, 0.25) is 5.02 Å². The van der Waals surface area contributed by atoms with Gasteiger partial charge in [-0.15, -0.1) is 0 Å². The number of hydrazone groups is 1. The van der Waals surface area contributed by atoms with Crippen LogP contribution in [-0.2, 0) is 4.79 Å². The molecule has 1 aliphatic heterocycles. The van der Waals surface area contributed by atoms with Gasteiger partial charge in [0.15, 0.2) is 0 Å². The van der Waals surface area contributed by atoms with Gasteiger partial charge in [-0.25, -0.2) is 10.2 Å². The molecule has 0 saturated carbocycles. The number of benzene rings is 1. The molecular formula is C17H23ClN4O2. The van der Waals surface area contributed by atoms with Gasteiger partial charge in [-0.3, -0.25) is 4.79 Å². The Balaban J connectivity index is 1.53. The van der Waals surface area contributed by atoms with Crippen molar-refractivity contribution in [1.82, 2.24) is 16.1 Å². The van der Waals surface area contributed by atoms with Crippen LogP contribution in [0.25, 0.3) is 0 Å². The lowest BCUT2D eigenvalue weighted by Crippen LogP contribution is -2.49. The third-order valence-corrected chi connectivity index (χ3v) is 4.09. The van der Waals surface area contributed by atoms with Gasteiger partial charge in [0.05, 0.1) is 6.21 Å². The molecule has 130 valence electrons. The van der Waals surface area contributed by atoms with E-state index in [4.69, 9.17) is 11.6 Å². The number of carbonyl (C=O) groups excluding carboxylic acids is 2. The number of hydrogen-bond donors (Lipinski definition) is 3. The van der Waals surface area contributed by atoms with Crippen LogP contribution >= 0.6 is 11.6 Å². The highest BCUT2D eigenvalue weighted by molar-refractivity contribution is 6.30. The van der Waals surface area contributed by atoms with Crippen molar-refractivity contribution in [1.29, 1.82) is 0 Å². The van der Waals surface area contributed by atoms with Gasteiger partial charge >= 0.3 is 6.03 Å². The van der Waals surface area contributed by atoms with Gasteiger partial charge in [0.2, 0.25) is 5.91 Å². The van der Waals surface area contributed by atoms with Gasteiger partial charge < -0.3 is 10.6 Å². The zero-order chi connectivity index (χ0) is 17.2. The van der Waals surface area contributed by atoms with E-state index < -0.39 is 0 Å². The van der Waals surface area contributed by atoms with Crippen molar-refractivity contribution < 1.29 is 9.59 Å². The van der Waals surface area contributed by atoms with E-state index in [1.54, 1.807) is 18.3 Å². The number of nitrogens with zero attached hydrogens (tertiary/aromatic N) is 1. The first kappa shape index (κ1) is 18.3. The number of halogens is 1. The predicted molar refractivity (Wildman–Crippen MR) is 95.2 cm³/mol. The highest BCUT2D eigenvalue weighted by atomic mass is 35.5. The Labute approximate surface area is 147 Å². The highest BCUT2D eigenvalue weighted by Crippen LogP contribution is 2.10. The van der Waals surface area contributed by atoms with Crippen LogP contribution in [0.15, 0.2) is 29.4 Å². The molecule has 0 spiro atoms. The van der Waals surface area contributed by atoms with Crippen molar-refractivity contribution in [2.45, 2.75) is 44.6 Å². The second kappa shape index (κ2) is 9.93. The fourth-order valence-corrected chi connectivity index (χ4v) is 2.65. The average molecular weight is 351 g/mol. The Kier molecular flexibility index (Phi) is 7.55. The molecule has 1 aromatic carbocycles. The minimum atomic E-state index is -0.0876. The van der Waals surface area contributed by atoms with Crippen molar-refractivity contribution in [3.63, 3.8) is 0 Å². The number of urea groups is 1. The zero-order valence-corrected chi connectivity index (χ0v) is 14.3. The van der Waals surface area contributed by atoms with Crippen LogP contribution in [0, 0.1) is 0 Å². The second-order valence-electron chi connectivity index (χ2n) is 5.83. The minimum Gasteiger partial charge on any atom is -0.338 e. The summed E-state index contributed by atoms with van der Waals surface area (Å²) < 4.78 is 0. The van der Waals surface area contributed by atoms with E-state index in [2.05, 4.69) is 21.2 Å². The molecule has 3 N–H and O–H groups in total. The maximum absolute atomic E-state index is 11.7. The van der Waals surface area contributed by atoms with Crippen molar-refractivity contribution in [3.05, 3.63) is 34.9 Å². The Morgan fingerprint density at radius 1 is 1.29 bits per heavy atom. The number of nitrogens with one attached hydrogen (secondary N) is 3. The topological polar surface area (TPSA) is 82.6 Å². The summed E-state index contributed by atoms with van der Waals surface area (Å²) in [5.74, 6) is -0.0876. The molecule has 0 unspecified atom stereocenters. The molecule has 1 aliphatic rings. The molecule has 6 nitrogen and oxygen atoms in total. The fourth-order valence-electron chi connectivity index (χ4n) is 2.52. The Hall–Kier alpha value is -2.08. The number of carbonyl (C=O) groups is 2. The molecule has 0 bridgehead atoms. The summed E-state index contributed by atoms with van der Waals surface area (Å²) in [5.41, 5.74) is 3.40. The maximum Gasteiger partial charge on any atom is 0.315 e. The first-order valence-electron chi connectivity index (χ1n) is 8.25. The van der Waals surface area contributed by atoms with E-state index in [1.165, 1.54) is 0 Å². The minimum absolute atomic E-state index is 0.0795. The molecule has 1 saturated heterocycles. The molecule has 3 amide bonds. The quantitative estimate of drug-likeness (QED) is 0.383. The molecule has 1 aromatic rings. The number of unbranched alkanes of at least 4 members (excludes halogenated alkanes) is 2. The molecule has 1 heterocycles. The van der Waals surface area contributed by atoms with Crippen LogP contribution in [0.3, 0.4) is 0 Å². The molecule has 0 aromatic heterocycles. The fraction of sp³-hybridized carbons (Fsp3) is 0.471. The third kappa shape index (κ3) is 7.00. The summed E-state index contributed by atoms with van der Waals surface area (Å²) in [5, 5.41) is 10.2. The first-order chi connectivity index (χ1) is 11.6. The largest absolute Gasteiger partial charge is 0.338 e. The lowest BCUT2D eigenvalue weighted by Gasteiger charge is -2.24. The molecule has 0 radical (unpaired) electrons. The number of amides is 3. The molecule has 1 atom stereocenters. The molecular weight excluding hydrogens is 328 g/mol. The van der Waals surface area contributed by atoms with Gasteiger partial charge in [0.25, 0.3) is 0 Å². The molecule has 24 heavy (non-hydrogen) atoms. The van der Waals surface area contributed by atoms with E-state index in [0.717, 1.165) is 44.2 Å². The van der Waals surface area contributed by atoms with Crippen molar-refractivity contribution in [3.8, 4) is 0 Å². The van der Waals surface area contributed by atoms with E-state index >= 15 is 0 Å². The van der Waals surface area contributed by atoms with Crippen LogP contribution < -0.4 is 16.1 Å². The third-order valence-electron chi connectivity index (χ3n) is 3.84. The van der Waals surface area contributed by atoms with E-state index in [9.17, 15) is 9.59 Å². The second-order valence-corrected chi connectivity index (χ2v) is 6.27. The zero-order valence-electron chi connectivity index (χ0n) is 13.6. The van der Waals surface area contributed by atoms with Crippen molar-refractivity contribution in [2.75, 3.05) is 6.54 Å². The lowest BCUT2D eigenvalue weighted by atomic mass is 10.0. The summed E-state index contributed by atoms with van der Waals surface area (Å²) in [7, 11) is 0. The van der Waals surface area contributed by atoms with Crippen LogP contribution in [0.4, 0.5) is 4.79 Å². The Bertz CT molecular complexity index is 574. The summed E-state index contributed by atoms with van der Waals surface area (Å²) in [6, 6.07) is 7.39. The average Bonchev–Trinajstić information content (AvgIpc) is 2.56. The Morgan fingerprint density at radius 3 is 2.83 bits per heavy atom. The summed E-state index contributed by atoms with van der Waals surface area (Å²) in [6.45, 7) is 0.741. The van der Waals surface area contributed by atoms with E-state index in [0.29, 0.717) is 11.4 Å². The maximum atomic E-state index is 11.7. The molecule has 0 aliphatic carbocycles. The van der Waals surface area contributed by atoms with E-state index in [-0.39, 0.29) is 18.0 Å². The monoisotopic (exact) mass is 350 g/mol. The predicted octanol–water partition coefficient (Wildman–Crippen LogP) is 2.81. The van der Waals surface area contributed by atoms with Crippen LogP contribution in [0.1, 0.15) is 44.1 Å². The summed E-state index contributed by atoms with van der Waals surface area (Å²) >= 11 is 5.80. The first-order valence-corrected chi connectivity index (χ1v) is 8.63. The van der Waals surface area contributed by atoms with Crippen molar-refractivity contribution in [2.24, 2.45) is 5.10 Å². The highest BCUT2D eigenvalue weighted by Gasteiger charge is 2.16. The Morgan fingerprint density at radius 2 is 2.08 bits per heavy atom. The summed E-state index contributed by atoms with van der Waals surface area (Å²) in [4.78, 5) is 22.9. The normalized spacial score (nSPS) is 17.4. The van der Waals surface area contributed by atoms with Gasteiger partial charge in [-0.1, -0.05) is 36.6 Å². The van der Waals surface area contributed by atoms with E-state index in [1.807, 2.05) is 12.1 Å². The molecule has 1 fully saturated rings. The lowest BCUT2D eigenvalue weighted by molar-refractivity contribution is -0.121. The standard InChI is InChI=1S/C17H23ClN4O2/c18-14-8-6-13(7-9-14)12-20-22-16(23)5-3-1-2-4-15-10-11-19-17(24)21-15/h6-9,12,15H,1-5,10-11H2,(H,22,23)(H2,19,21,24)/b20-12-/t15-/m0/s1. The molecule has 7 heteroatoms. The number of rotatable bonds is 8. The van der Waals surface area contributed by atoms with Gasteiger partial charge in [0, 0.05) is 24.0 Å².